The zero-order valence-electron chi connectivity index (χ0n) is 9.35. The average molecular weight is 406 g/mol. The van der Waals surface area contributed by atoms with Crippen molar-refractivity contribution in [2.75, 3.05) is 0 Å². The fraction of sp³-hybridized carbons (Fsp3) is 0.400. The quantitative estimate of drug-likeness (QED) is 0.570. The first-order chi connectivity index (χ1) is 7.83. The van der Waals surface area contributed by atoms with Crippen molar-refractivity contribution >= 4 is 27.2 Å². The summed E-state index contributed by atoms with van der Waals surface area (Å²) >= 11 is 0. The van der Waals surface area contributed by atoms with Gasteiger partial charge in [-0.2, -0.15) is 10.5 Å². The third-order valence-electron chi connectivity index (χ3n) is 0.316. The van der Waals surface area contributed by atoms with Crippen LogP contribution in [-0.2, 0) is 40.2 Å². The van der Waals surface area contributed by atoms with Crippen LogP contribution in [0, 0.1) is 22.7 Å². The Kier molecular flexibility index (Phi) is 1240. The summed E-state index contributed by atoms with van der Waals surface area (Å²) in [6.45, 7) is 21.6. The second-order valence-corrected chi connectivity index (χ2v) is 1.02. The van der Waals surface area contributed by atoms with Crippen molar-refractivity contribution in [3.8, 4) is 12.1 Å². The third kappa shape index (κ3) is 18000. The SMILES string of the molecule is CCC#N.CCC#N.[C]=O.[C]=O.[C]=O.[C]=O.[W]. The molecule has 0 heterocycles. The van der Waals surface area contributed by atoms with E-state index in [-0.39, 0.29) is 21.1 Å². The Bertz CT molecular complexity index is 135. The molecule has 90 valence electrons. The van der Waals surface area contributed by atoms with E-state index < -0.39 is 0 Å². The maximum absolute atomic E-state index is 7.62. The number of hydrogen-bond acceptors (Lipinski definition) is 6. The molecule has 0 bridgehead atoms. The van der Waals surface area contributed by atoms with Crippen molar-refractivity contribution in [3.63, 3.8) is 0 Å². The molecule has 8 radical (unpaired) electrons. The second kappa shape index (κ2) is 464. The minimum absolute atomic E-state index is 0. The van der Waals surface area contributed by atoms with Crippen LogP contribution in [0.25, 0.3) is 0 Å². The molecule has 0 aromatic rings. The van der Waals surface area contributed by atoms with E-state index in [9.17, 15) is 0 Å². The summed E-state index contributed by atoms with van der Waals surface area (Å²) in [5.41, 5.74) is 0. The molecule has 0 saturated carbocycles. The molecule has 6 nitrogen and oxygen atoms in total. The van der Waals surface area contributed by atoms with Gasteiger partial charge in [0.1, 0.15) is 0 Å². The van der Waals surface area contributed by atoms with Crippen molar-refractivity contribution in [1.29, 1.82) is 10.5 Å². The van der Waals surface area contributed by atoms with E-state index in [1.165, 1.54) is 0 Å². The summed E-state index contributed by atoms with van der Waals surface area (Å²) in [4.78, 5) is 30.0. The van der Waals surface area contributed by atoms with Gasteiger partial charge in [-0.05, 0) is 0 Å². The van der Waals surface area contributed by atoms with Gasteiger partial charge in [-0.3, -0.25) is 19.2 Å². The van der Waals surface area contributed by atoms with E-state index in [4.69, 9.17) is 29.7 Å². The molecule has 0 aliphatic carbocycles. The molecular formula is C10H10N2O4W. The summed E-state index contributed by atoms with van der Waals surface area (Å²) in [6, 6.07) is 3.86. The molecule has 0 aromatic carbocycles. The number of carbonyl (C=O) groups excluding carboxylic acids is 4. The molecule has 0 aliphatic rings. The molecule has 0 amide bonds. The Labute approximate surface area is 117 Å². The minimum Gasteiger partial charge on any atom is -0.281 e. The summed E-state index contributed by atoms with van der Waals surface area (Å²) < 4.78 is 0. The topological polar surface area (TPSA) is 116 Å². The molecule has 0 spiro atoms. The van der Waals surface area contributed by atoms with Gasteiger partial charge in [0, 0.05) is 33.9 Å². The smallest absolute Gasteiger partial charge is 0.281 e. The number of rotatable bonds is 0. The van der Waals surface area contributed by atoms with Gasteiger partial charge < -0.3 is 0 Å². The summed E-state index contributed by atoms with van der Waals surface area (Å²) in [5.74, 6) is 0. The van der Waals surface area contributed by atoms with Gasteiger partial charge in [0.05, 0.1) is 12.1 Å². The van der Waals surface area contributed by atoms with E-state index in [1.54, 1.807) is 0 Å². The van der Waals surface area contributed by atoms with Gasteiger partial charge in [0.2, 0.25) is 0 Å². The predicted molar refractivity (Wildman–Crippen MR) is 54.6 cm³/mol. The Balaban J connectivity index is -0.0000000146. The normalized spacial score (nSPS) is 3.29. The van der Waals surface area contributed by atoms with Crippen LogP contribution < -0.4 is 0 Å². The van der Waals surface area contributed by atoms with Crippen molar-refractivity contribution in [3.05, 3.63) is 0 Å². The van der Waals surface area contributed by atoms with Gasteiger partial charge in [0.15, 0.2) is 0 Å². The standard InChI is InChI=1S/2C3H5N.4CO.W/c2*1-2-3-4;4*1-2;/h2*2H2,1H3;;;;;. The maximum atomic E-state index is 7.62. The van der Waals surface area contributed by atoms with Crippen molar-refractivity contribution in [2.45, 2.75) is 26.7 Å². The van der Waals surface area contributed by atoms with E-state index in [0.717, 1.165) is 0 Å². The van der Waals surface area contributed by atoms with Crippen LogP contribution in [0.1, 0.15) is 26.7 Å². The summed E-state index contributed by atoms with van der Waals surface area (Å²) in [5, 5.41) is 15.2. The molecule has 0 rings (SSSR count). The first kappa shape index (κ1) is 45.3. The number of nitriles is 2. The summed E-state index contributed by atoms with van der Waals surface area (Å²) in [6.07, 6.45) is 1.25. The van der Waals surface area contributed by atoms with Crippen LogP contribution in [0.2, 0.25) is 0 Å². The minimum atomic E-state index is 0. The molecule has 0 aliphatic heterocycles. The Hall–Kier alpha value is -1.65. The van der Waals surface area contributed by atoms with Gasteiger partial charge in [-0.15, -0.1) is 0 Å². The Morgan fingerprint density at radius 1 is 0.706 bits per heavy atom. The van der Waals surface area contributed by atoms with Gasteiger partial charge >= 0.3 is 0 Å². The van der Waals surface area contributed by atoms with Crippen LogP contribution in [-0.4, -0.2) is 27.2 Å². The Morgan fingerprint density at radius 2 is 0.765 bits per heavy atom. The van der Waals surface area contributed by atoms with Crippen LogP contribution in [0.4, 0.5) is 0 Å². The average Bonchev–Trinajstić information content (AvgIpc) is 2.47. The number of hydrogen-bond donors (Lipinski definition) is 0. The van der Waals surface area contributed by atoms with Crippen LogP contribution in [0.3, 0.4) is 0 Å². The molecule has 17 heavy (non-hydrogen) atoms. The van der Waals surface area contributed by atoms with Crippen LogP contribution in [0.5, 0.6) is 0 Å². The monoisotopic (exact) mass is 406 g/mol. The molecule has 0 aromatic heterocycles. The van der Waals surface area contributed by atoms with E-state index in [1.807, 2.05) is 26.0 Å². The summed E-state index contributed by atoms with van der Waals surface area (Å²) in [7, 11) is 0. The predicted octanol–water partition coefficient (Wildman–Crippen LogP) is 0.249. The molecular weight excluding hydrogens is 396 g/mol. The zero-order chi connectivity index (χ0) is 14.8. The van der Waals surface area contributed by atoms with Gasteiger partial charge in [-0.25, -0.2) is 0 Å². The van der Waals surface area contributed by atoms with Gasteiger partial charge in [-0.1, -0.05) is 13.8 Å². The van der Waals surface area contributed by atoms with E-state index in [0.29, 0.717) is 12.8 Å². The Morgan fingerprint density at radius 3 is 0.765 bits per heavy atom. The second-order valence-electron chi connectivity index (χ2n) is 1.02. The fourth-order valence-electron chi connectivity index (χ4n) is 0. The first-order valence-corrected chi connectivity index (χ1v) is 3.39. The largest absolute Gasteiger partial charge is 0.281 e. The molecule has 0 saturated heterocycles. The van der Waals surface area contributed by atoms with Crippen molar-refractivity contribution < 1.29 is 40.2 Å². The maximum Gasteiger partial charge on any atom is 0.281 e. The van der Waals surface area contributed by atoms with Crippen LogP contribution >= 0.6 is 0 Å². The first-order valence-electron chi connectivity index (χ1n) is 3.39. The van der Waals surface area contributed by atoms with E-state index >= 15 is 0 Å². The van der Waals surface area contributed by atoms with Crippen molar-refractivity contribution in [1.82, 2.24) is 0 Å². The molecule has 7 heteroatoms. The fourth-order valence-corrected chi connectivity index (χ4v) is 0. The molecule has 0 atom stereocenters. The van der Waals surface area contributed by atoms with E-state index in [2.05, 4.69) is 27.2 Å². The molecule has 0 fully saturated rings. The van der Waals surface area contributed by atoms with Gasteiger partial charge in [0.25, 0.3) is 27.2 Å². The van der Waals surface area contributed by atoms with Crippen molar-refractivity contribution in [2.24, 2.45) is 0 Å². The molecule has 0 N–H and O–H groups in total. The number of nitrogens with zero attached hydrogens (tertiary/aromatic N) is 2. The third-order valence-corrected chi connectivity index (χ3v) is 0.316. The molecule has 0 unspecified atom stereocenters. The van der Waals surface area contributed by atoms with Crippen LogP contribution in [0.15, 0.2) is 0 Å². The zero-order valence-corrected chi connectivity index (χ0v) is 12.3.